The van der Waals surface area contributed by atoms with Crippen molar-refractivity contribution in [3.63, 3.8) is 0 Å². The zero-order valence-electron chi connectivity index (χ0n) is 13.2. The topological polar surface area (TPSA) is 45.2 Å². The van der Waals surface area contributed by atoms with Crippen LogP contribution in [0.25, 0.3) is 0 Å². The molecule has 1 aliphatic rings. The molecular formula is C16H24FN3O. The van der Waals surface area contributed by atoms with E-state index < -0.39 is 5.82 Å². The van der Waals surface area contributed by atoms with Crippen molar-refractivity contribution in [3.05, 3.63) is 23.6 Å². The Bertz CT molecular complexity index is 525. The molecule has 1 amide bonds. The van der Waals surface area contributed by atoms with Gasteiger partial charge in [-0.2, -0.15) is 0 Å². The van der Waals surface area contributed by atoms with Crippen molar-refractivity contribution in [3.8, 4) is 0 Å². The molecule has 1 unspecified atom stereocenters. The summed E-state index contributed by atoms with van der Waals surface area (Å²) >= 11 is 0. The Morgan fingerprint density at radius 3 is 2.81 bits per heavy atom. The van der Waals surface area contributed by atoms with Gasteiger partial charge in [0, 0.05) is 19.6 Å². The molecule has 116 valence electrons. The number of carbonyl (C=O) groups excluding carboxylic acids is 1. The summed E-state index contributed by atoms with van der Waals surface area (Å²) in [6.45, 7) is 10.6. The molecule has 2 rings (SSSR count). The summed E-state index contributed by atoms with van der Waals surface area (Å²) in [5.74, 6) is 0.324. The largest absolute Gasteiger partial charge is 0.370 e. The minimum atomic E-state index is -0.480. The van der Waals surface area contributed by atoms with Crippen LogP contribution in [0.3, 0.4) is 0 Å². The molecule has 1 aromatic rings. The first-order chi connectivity index (χ1) is 9.82. The highest BCUT2D eigenvalue weighted by molar-refractivity contribution is 5.98. The van der Waals surface area contributed by atoms with E-state index in [2.05, 4.69) is 31.1 Å². The average molecular weight is 293 g/mol. The molecule has 0 radical (unpaired) electrons. The Kier molecular flexibility index (Phi) is 4.49. The van der Waals surface area contributed by atoms with E-state index in [1.165, 1.54) is 6.07 Å². The van der Waals surface area contributed by atoms with Crippen LogP contribution < -0.4 is 5.32 Å². The number of aromatic nitrogens is 1. The second-order valence-electron chi connectivity index (χ2n) is 6.68. The lowest BCUT2D eigenvalue weighted by Crippen LogP contribution is -2.32. The van der Waals surface area contributed by atoms with Gasteiger partial charge in [0.15, 0.2) is 0 Å². The summed E-state index contributed by atoms with van der Waals surface area (Å²) in [6, 6.07) is 1.28. The van der Waals surface area contributed by atoms with Crippen molar-refractivity contribution in [2.45, 2.75) is 34.1 Å². The van der Waals surface area contributed by atoms with Crippen LogP contribution >= 0.6 is 0 Å². The number of likely N-dealkylation sites (tertiary alicyclic amines) is 1. The van der Waals surface area contributed by atoms with E-state index in [1.807, 2.05) is 11.8 Å². The first kappa shape index (κ1) is 15.7. The van der Waals surface area contributed by atoms with E-state index in [4.69, 9.17) is 0 Å². The van der Waals surface area contributed by atoms with E-state index in [-0.39, 0.29) is 11.3 Å². The van der Waals surface area contributed by atoms with E-state index >= 15 is 0 Å². The SMILES string of the molecule is CCNc1ncc(F)cc1C(=O)N1CCC(C(C)(C)C)C1. The Balaban J connectivity index is 2.19. The van der Waals surface area contributed by atoms with Gasteiger partial charge in [0.05, 0.1) is 11.8 Å². The van der Waals surface area contributed by atoms with Crippen LogP contribution in [0.1, 0.15) is 44.5 Å². The normalized spacial score (nSPS) is 18.9. The number of amides is 1. The van der Waals surface area contributed by atoms with Crippen LogP contribution in [0.2, 0.25) is 0 Å². The number of carbonyl (C=O) groups is 1. The molecule has 1 aromatic heterocycles. The highest BCUT2D eigenvalue weighted by Crippen LogP contribution is 2.34. The molecule has 21 heavy (non-hydrogen) atoms. The number of hydrogen-bond acceptors (Lipinski definition) is 3. The lowest BCUT2D eigenvalue weighted by molar-refractivity contribution is 0.0776. The summed E-state index contributed by atoms with van der Waals surface area (Å²) < 4.78 is 13.4. The van der Waals surface area contributed by atoms with E-state index in [9.17, 15) is 9.18 Å². The maximum absolute atomic E-state index is 13.4. The highest BCUT2D eigenvalue weighted by atomic mass is 19.1. The number of nitrogens with zero attached hydrogens (tertiary/aromatic N) is 2. The zero-order valence-corrected chi connectivity index (χ0v) is 13.2. The summed E-state index contributed by atoms with van der Waals surface area (Å²) in [6.07, 6.45) is 2.13. The lowest BCUT2D eigenvalue weighted by Gasteiger charge is -2.27. The van der Waals surface area contributed by atoms with Gasteiger partial charge in [-0.15, -0.1) is 0 Å². The minimum absolute atomic E-state index is 0.135. The summed E-state index contributed by atoms with van der Waals surface area (Å²) in [5.41, 5.74) is 0.506. The monoisotopic (exact) mass is 293 g/mol. The first-order valence-corrected chi connectivity index (χ1v) is 7.51. The Hall–Kier alpha value is -1.65. The number of anilines is 1. The number of hydrogen-bond donors (Lipinski definition) is 1. The van der Waals surface area contributed by atoms with Crippen LogP contribution in [0.4, 0.5) is 10.2 Å². The molecule has 2 heterocycles. The van der Waals surface area contributed by atoms with Gasteiger partial charge in [0.2, 0.25) is 0 Å². The van der Waals surface area contributed by atoms with Gasteiger partial charge in [0.1, 0.15) is 11.6 Å². The first-order valence-electron chi connectivity index (χ1n) is 7.51. The number of nitrogens with one attached hydrogen (secondary N) is 1. The van der Waals surface area contributed by atoms with E-state index in [0.29, 0.717) is 23.8 Å². The fourth-order valence-electron chi connectivity index (χ4n) is 2.73. The number of pyridine rings is 1. The Labute approximate surface area is 125 Å². The molecule has 1 saturated heterocycles. The van der Waals surface area contributed by atoms with Gasteiger partial charge in [0.25, 0.3) is 5.91 Å². The molecule has 0 aliphatic carbocycles. The summed E-state index contributed by atoms with van der Waals surface area (Å²) in [7, 11) is 0. The lowest BCUT2D eigenvalue weighted by atomic mass is 9.80. The predicted molar refractivity (Wildman–Crippen MR) is 81.8 cm³/mol. The standard InChI is InChI=1S/C16H24FN3O/c1-5-18-14-13(8-12(17)9-19-14)15(21)20-7-6-11(10-20)16(2,3)4/h8-9,11H,5-7,10H2,1-4H3,(H,18,19). The number of rotatable bonds is 3. The van der Waals surface area contributed by atoms with Crippen molar-refractivity contribution in [2.24, 2.45) is 11.3 Å². The molecule has 1 aliphatic heterocycles. The maximum atomic E-state index is 13.4. The van der Waals surface area contributed by atoms with Crippen LogP contribution in [-0.4, -0.2) is 35.4 Å². The van der Waals surface area contributed by atoms with Gasteiger partial charge in [-0.1, -0.05) is 20.8 Å². The Morgan fingerprint density at radius 1 is 1.52 bits per heavy atom. The highest BCUT2D eigenvalue weighted by Gasteiger charge is 2.34. The minimum Gasteiger partial charge on any atom is -0.370 e. The van der Waals surface area contributed by atoms with Crippen molar-refractivity contribution in [1.82, 2.24) is 9.88 Å². The van der Waals surface area contributed by atoms with Crippen molar-refractivity contribution >= 4 is 11.7 Å². The van der Waals surface area contributed by atoms with Crippen LogP contribution in [0.15, 0.2) is 12.3 Å². The van der Waals surface area contributed by atoms with Crippen molar-refractivity contribution in [1.29, 1.82) is 0 Å². The van der Waals surface area contributed by atoms with Crippen LogP contribution in [-0.2, 0) is 0 Å². The smallest absolute Gasteiger partial charge is 0.257 e. The number of halogens is 1. The molecule has 1 atom stereocenters. The molecule has 0 spiro atoms. The average Bonchev–Trinajstić information content (AvgIpc) is 2.90. The second-order valence-corrected chi connectivity index (χ2v) is 6.68. The molecule has 4 nitrogen and oxygen atoms in total. The molecular weight excluding hydrogens is 269 g/mol. The van der Waals surface area contributed by atoms with Gasteiger partial charge < -0.3 is 10.2 Å². The quantitative estimate of drug-likeness (QED) is 0.931. The second kappa shape index (κ2) is 6.00. The Morgan fingerprint density at radius 2 is 2.24 bits per heavy atom. The van der Waals surface area contributed by atoms with Gasteiger partial charge in [-0.25, -0.2) is 9.37 Å². The third-order valence-corrected chi connectivity index (χ3v) is 4.13. The summed E-state index contributed by atoms with van der Waals surface area (Å²) in [4.78, 5) is 18.5. The molecule has 0 bridgehead atoms. The fraction of sp³-hybridized carbons (Fsp3) is 0.625. The van der Waals surface area contributed by atoms with E-state index in [1.54, 1.807) is 0 Å². The summed E-state index contributed by atoms with van der Waals surface area (Å²) in [5, 5.41) is 3.02. The molecule has 0 aromatic carbocycles. The van der Waals surface area contributed by atoms with Gasteiger partial charge in [-0.05, 0) is 30.7 Å². The van der Waals surface area contributed by atoms with Crippen LogP contribution in [0.5, 0.6) is 0 Å². The fourth-order valence-corrected chi connectivity index (χ4v) is 2.73. The zero-order chi connectivity index (χ0) is 15.6. The maximum Gasteiger partial charge on any atom is 0.257 e. The molecule has 1 N–H and O–H groups in total. The third kappa shape index (κ3) is 3.52. The van der Waals surface area contributed by atoms with Gasteiger partial charge in [-0.3, -0.25) is 4.79 Å². The van der Waals surface area contributed by atoms with Crippen LogP contribution in [0, 0.1) is 17.2 Å². The van der Waals surface area contributed by atoms with Crippen molar-refractivity contribution in [2.75, 3.05) is 25.0 Å². The predicted octanol–water partition coefficient (Wildman–Crippen LogP) is 3.16. The third-order valence-electron chi connectivity index (χ3n) is 4.13. The molecule has 0 saturated carbocycles. The van der Waals surface area contributed by atoms with Crippen molar-refractivity contribution < 1.29 is 9.18 Å². The molecule has 1 fully saturated rings. The molecule has 5 heteroatoms. The van der Waals surface area contributed by atoms with Gasteiger partial charge >= 0.3 is 0 Å². The van der Waals surface area contributed by atoms with E-state index in [0.717, 1.165) is 25.7 Å².